The molecule has 1 fully saturated rings. The molecule has 2 N–H and O–H groups in total. The third kappa shape index (κ3) is 4.29. The molecule has 1 aliphatic heterocycles. The van der Waals surface area contributed by atoms with Gasteiger partial charge in [-0.1, -0.05) is 30.3 Å². The van der Waals surface area contributed by atoms with Crippen molar-refractivity contribution in [3.8, 4) is 0 Å². The van der Waals surface area contributed by atoms with Gasteiger partial charge in [0.1, 0.15) is 6.04 Å². The van der Waals surface area contributed by atoms with Gasteiger partial charge in [0, 0.05) is 6.42 Å². The molecule has 21 heavy (non-hydrogen) atoms. The third-order valence-electron chi connectivity index (χ3n) is 3.50. The maximum atomic E-state index is 12.0. The third-order valence-corrected chi connectivity index (χ3v) is 5.27. The van der Waals surface area contributed by atoms with Crippen LogP contribution in [0.5, 0.6) is 0 Å². The van der Waals surface area contributed by atoms with Gasteiger partial charge in [-0.05, 0) is 12.0 Å². The first-order valence-corrected chi connectivity index (χ1v) is 8.47. The van der Waals surface area contributed by atoms with E-state index in [1.807, 2.05) is 6.07 Å². The molecule has 1 aromatic rings. The molecule has 0 spiro atoms. The van der Waals surface area contributed by atoms with Gasteiger partial charge in [-0.15, -0.1) is 0 Å². The normalized spacial score (nSPS) is 21.6. The van der Waals surface area contributed by atoms with Crippen LogP contribution in [-0.4, -0.2) is 42.9 Å². The van der Waals surface area contributed by atoms with Crippen LogP contribution in [0.25, 0.3) is 0 Å². The summed E-state index contributed by atoms with van der Waals surface area (Å²) in [6.45, 7) is 0. The van der Waals surface area contributed by atoms with Crippen molar-refractivity contribution in [2.75, 3.05) is 11.5 Å². The number of sulfone groups is 1. The van der Waals surface area contributed by atoms with E-state index >= 15 is 0 Å². The zero-order valence-corrected chi connectivity index (χ0v) is 12.2. The monoisotopic (exact) mass is 311 g/mol. The summed E-state index contributed by atoms with van der Waals surface area (Å²) >= 11 is 0. The Kier molecular flexibility index (Phi) is 4.62. The Bertz CT molecular complexity index is 626. The van der Waals surface area contributed by atoms with Gasteiger partial charge < -0.3 is 10.4 Å². The molecule has 0 bridgehead atoms. The molecule has 0 aromatic heterocycles. The molecule has 1 unspecified atom stereocenters. The second-order valence-corrected chi connectivity index (χ2v) is 7.42. The van der Waals surface area contributed by atoms with Crippen molar-refractivity contribution in [2.24, 2.45) is 5.92 Å². The maximum absolute atomic E-state index is 12.0. The molecule has 2 atom stereocenters. The molecular weight excluding hydrogens is 294 g/mol. The summed E-state index contributed by atoms with van der Waals surface area (Å²) in [4.78, 5) is 23.2. The SMILES string of the molecule is O=C(N[C@H](Cc1ccccc1)C(=O)O)C1CCS(=O)(=O)C1. The van der Waals surface area contributed by atoms with E-state index < -0.39 is 33.7 Å². The highest BCUT2D eigenvalue weighted by Crippen LogP contribution is 2.18. The molecule has 1 saturated heterocycles. The summed E-state index contributed by atoms with van der Waals surface area (Å²) in [5.41, 5.74) is 0.796. The lowest BCUT2D eigenvalue weighted by atomic mass is 10.0. The average molecular weight is 311 g/mol. The van der Waals surface area contributed by atoms with Crippen LogP contribution in [0.4, 0.5) is 0 Å². The molecule has 0 aliphatic carbocycles. The second kappa shape index (κ2) is 6.26. The van der Waals surface area contributed by atoms with Crippen molar-refractivity contribution >= 4 is 21.7 Å². The number of aliphatic carboxylic acids is 1. The molecule has 1 aromatic carbocycles. The lowest BCUT2D eigenvalue weighted by molar-refractivity contribution is -0.142. The summed E-state index contributed by atoms with van der Waals surface area (Å²) in [6.07, 6.45) is 0.424. The predicted octanol–water partition coefficient (Wildman–Crippen LogP) is 0.233. The first kappa shape index (κ1) is 15.5. The number of benzene rings is 1. The molecule has 0 saturated carbocycles. The van der Waals surface area contributed by atoms with Crippen molar-refractivity contribution in [3.63, 3.8) is 0 Å². The number of hydrogen-bond donors (Lipinski definition) is 2. The summed E-state index contributed by atoms with van der Waals surface area (Å²) in [5.74, 6) is -2.49. The fourth-order valence-corrected chi connectivity index (χ4v) is 4.08. The lowest BCUT2D eigenvalue weighted by Crippen LogP contribution is -2.45. The van der Waals surface area contributed by atoms with Crippen molar-refractivity contribution in [2.45, 2.75) is 18.9 Å². The molecule has 0 radical (unpaired) electrons. The number of carbonyl (C=O) groups is 2. The van der Waals surface area contributed by atoms with Crippen LogP contribution in [0.2, 0.25) is 0 Å². The fraction of sp³-hybridized carbons (Fsp3) is 0.429. The molecule has 6 nitrogen and oxygen atoms in total. The minimum Gasteiger partial charge on any atom is -0.480 e. The minimum atomic E-state index is -3.16. The zero-order valence-electron chi connectivity index (χ0n) is 11.4. The van der Waals surface area contributed by atoms with Crippen LogP contribution in [0.1, 0.15) is 12.0 Å². The molecule has 2 rings (SSSR count). The molecular formula is C14H17NO5S. The Hall–Kier alpha value is -1.89. The standard InChI is InChI=1S/C14H17NO5S/c16-13(11-6-7-21(19,20)9-11)15-12(14(17)18)8-10-4-2-1-3-5-10/h1-5,11-12H,6-9H2,(H,15,16)(H,17,18)/t11?,12-/m1/s1. The van der Waals surface area contributed by atoms with Gasteiger partial charge in [0.05, 0.1) is 17.4 Å². The van der Waals surface area contributed by atoms with Crippen LogP contribution in [0, 0.1) is 5.92 Å². The fourth-order valence-electron chi connectivity index (χ4n) is 2.34. The van der Waals surface area contributed by atoms with E-state index in [0.29, 0.717) is 0 Å². The molecule has 1 aliphatic rings. The number of rotatable bonds is 5. The highest BCUT2D eigenvalue weighted by molar-refractivity contribution is 7.91. The number of amides is 1. The zero-order chi connectivity index (χ0) is 15.5. The number of carboxylic acid groups (broad SMARTS) is 1. The first-order valence-electron chi connectivity index (χ1n) is 6.65. The smallest absolute Gasteiger partial charge is 0.326 e. The summed E-state index contributed by atoms with van der Waals surface area (Å²) < 4.78 is 22.7. The van der Waals surface area contributed by atoms with Crippen molar-refractivity contribution < 1.29 is 23.1 Å². The van der Waals surface area contributed by atoms with Gasteiger partial charge in [-0.2, -0.15) is 0 Å². The summed E-state index contributed by atoms with van der Waals surface area (Å²) in [5, 5.41) is 11.6. The summed E-state index contributed by atoms with van der Waals surface area (Å²) in [7, 11) is -3.16. The highest BCUT2D eigenvalue weighted by atomic mass is 32.2. The van der Waals surface area contributed by atoms with E-state index in [9.17, 15) is 23.1 Å². The van der Waals surface area contributed by atoms with Crippen molar-refractivity contribution in [3.05, 3.63) is 35.9 Å². The number of carbonyl (C=O) groups excluding carboxylic acids is 1. The first-order chi connectivity index (χ1) is 9.87. The minimum absolute atomic E-state index is 0.0124. The van der Waals surface area contributed by atoms with Crippen LogP contribution in [0.3, 0.4) is 0 Å². The number of carboxylic acids is 1. The quantitative estimate of drug-likeness (QED) is 0.811. The molecule has 114 valence electrons. The topological polar surface area (TPSA) is 101 Å². The number of nitrogens with one attached hydrogen (secondary N) is 1. The van der Waals surface area contributed by atoms with Gasteiger partial charge in [0.25, 0.3) is 0 Å². The van der Waals surface area contributed by atoms with E-state index in [4.69, 9.17) is 0 Å². The van der Waals surface area contributed by atoms with E-state index in [1.165, 1.54) is 0 Å². The van der Waals surface area contributed by atoms with Gasteiger partial charge in [0.15, 0.2) is 9.84 Å². The lowest BCUT2D eigenvalue weighted by Gasteiger charge is -2.17. The molecule has 1 amide bonds. The Balaban J connectivity index is 2.00. The Morgan fingerprint density at radius 2 is 1.95 bits per heavy atom. The van der Waals surface area contributed by atoms with Gasteiger partial charge in [-0.25, -0.2) is 13.2 Å². The van der Waals surface area contributed by atoms with Crippen LogP contribution < -0.4 is 5.32 Å². The highest BCUT2D eigenvalue weighted by Gasteiger charge is 2.34. The average Bonchev–Trinajstić information content (AvgIpc) is 2.79. The van der Waals surface area contributed by atoms with Crippen molar-refractivity contribution in [1.29, 1.82) is 0 Å². The number of hydrogen-bond acceptors (Lipinski definition) is 4. The van der Waals surface area contributed by atoms with E-state index in [0.717, 1.165) is 5.56 Å². The Morgan fingerprint density at radius 3 is 2.48 bits per heavy atom. The Morgan fingerprint density at radius 1 is 1.29 bits per heavy atom. The largest absolute Gasteiger partial charge is 0.480 e. The van der Waals surface area contributed by atoms with Gasteiger partial charge in [-0.3, -0.25) is 4.79 Å². The van der Waals surface area contributed by atoms with Crippen LogP contribution in [0.15, 0.2) is 30.3 Å². The molecule has 1 heterocycles. The Labute approximate surface area is 123 Å². The predicted molar refractivity (Wildman–Crippen MR) is 76.5 cm³/mol. The second-order valence-electron chi connectivity index (χ2n) is 5.19. The van der Waals surface area contributed by atoms with Crippen LogP contribution in [-0.2, 0) is 25.8 Å². The van der Waals surface area contributed by atoms with E-state index in [1.54, 1.807) is 24.3 Å². The maximum Gasteiger partial charge on any atom is 0.326 e. The van der Waals surface area contributed by atoms with E-state index in [2.05, 4.69) is 5.32 Å². The van der Waals surface area contributed by atoms with Crippen LogP contribution >= 0.6 is 0 Å². The van der Waals surface area contributed by atoms with Gasteiger partial charge in [0.2, 0.25) is 5.91 Å². The molecule has 7 heteroatoms. The van der Waals surface area contributed by atoms with Crippen molar-refractivity contribution in [1.82, 2.24) is 5.32 Å². The van der Waals surface area contributed by atoms with E-state index in [-0.39, 0.29) is 24.3 Å². The van der Waals surface area contributed by atoms with Gasteiger partial charge >= 0.3 is 5.97 Å². The summed E-state index contributed by atoms with van der Waals surface area (Å²) in [6, 6.07) is 7.91.